The molecule has 0 radical (unpaired) electrons. The molecule has 0 bridgehead atoms. The van der Waals surface area contributed by atoms with Crippen LogP contribution in [0, 0.1) is 10.1 Å². The topological polar surface area (TPSA) is 131 Å². The van der Waals surface area contributed by atoms with Crippen LogP contribution in [0.25, 0.3) is 0 Å². The van der Waals surface area contributed by atoms with Gasteiger partial charge in [0.15, 0.2) is 0 Å². The molecule has 0 saturated carbocycles. The molecule has 0 spiro atoms. The van der Waals surface area contributed by atoms with Gasteiger partial charge in [-0.15, -0.1) is 0 Å². The molecule has 34 heavy (non-hydrogen) atoms. The molecule has 1 saturated heterocycles. The number of nitro benzene ring substituents is 1. The SMILES string of the molecule is COc1cccc(/C=N\Nc2nc(Nc3ccc([N+](=O)[O-])cc3)nc(N3CCCCCC3)n2)c1. The van der Waals surface area contributed by atoms with E-state index in [1.807, 2.05) is 24.3 Å². The van der Waals surface area contributed by atoms with Crippen LogP contribution in [0.15, 0.2) is 53.6 Å². The summed E-state index contributed by atoms with van der Waals surface area (Å²) in [5, 5.41) is 18.3. The average Bonchev–Trinajstić information content (AvgIpc) is 3.14. The first-order valence-electron chi connectivity index (χ1n) is 11.1. The second kappa shape index (κ2) is 11.0. The maximum atomic E-state index is 10.9. The zero-order valence-corrected chi connectivity index (χ0v) is 18.8. The molecule has 0 aliphatic carbocycles. The molecule has 1 aliphatic rings. The fourth-order valence-corrected chi connectivity index (χ4v) is 3.56. The summed E-state index contributed by atoms with van der Waals surface area (Å²) < 4.78 is 5.24. The van der Waals surface area contributed by atoms with Gasteiger partial charge in [-0.2, -0.15) is 20.1 Å². The van der Waals surface area contributed by atoms with Crippen molar-refractivity contribution in [1.29, 1.82) is 0 Å². The highest BCUT2D eigenvalue weighted by molar-refractivity contribution is 5.80. The van der Waals surface area contributed by atoms with Crippen molar-refractivity contribution in [2.75, 3.05) is 35.8 Å². The summed E-state index contributed by atoms with van der Waals surface area (Å²) in [6.45, 7) is 1.74. The Balaban J connectivity index is 1.57. The third kappa shape index (κ3) is 6.15. The number of benzene rings is 2. The molecule has 11 heteroatoms. The third-order valence-corrected chi connectivity index (χ3v) is 5.32. The number of anilines is 4. The quantitative estimate of drug-likeness (QED) is 0.285. The highest BCUT2D eigenvalue weighted by atomic mass is 16.6. The molecule has 0 unspecified atom stereocenters. The molecule has 4 rings (SSSR count). The third-order valence-electron chi connectivity index (χ3n) is 5.32. The van der Waals surface area contributed by atoms with Crippen LogP contribution >= 0.6 is 0 Å². The van der Waals surface area contributed by atoms with Gasteiger partial charge in [0.1, 0.15) is 5.75 Å². The van der Waals surface area contributed by atoms with E-state index in [0.717, 1.165) is 37.2 Å². The molecule has 0 atom stereocenters. The van der Waals surface area contributed by atoms with Crippen molar-refractivity contribution in [3.8, 4) is 5.75 Å². The number of nitrogens with zero attached hydrogens (tertiary/aromatic N) is 6. The minimum Gasteiger partial charge on any atom is -0.497 e. The lowest BCUT2D eigenvalue weighted by molar-refractivity contribution is -0.384. The van der Waals surface area contributed by atoms with Crippen LogP contribution in [0.5, 0.6) is 5.75 Å². The van der Waals surface area contributed by atoms with Crippen LogP contribution in [0.1, 0.15) is 31.2 Å². The maximum absolute atomic E-state index is 10.9. The van der Waals surface area contributed by atoms with Crippen molar-refractivity contribution >= 4 is 35.4 Å². The van der Waals surface area contributed by atoms with E-state index in [1.165, 1.54) is 25.0 Å². The lowest BCUT2D eigenvalue weighted by atomic mass is 10.2. The highest BCUT2D eigenvalue weighted by Gasteiger charge is 2.16. The van der Waals surface area contributed by atoms with Gasteiger partial charge in [-0.3, -0.25) is 10.1 Å². The van der Waals surface area contributed by atoms with Gasteiger partial charge in [-0.05, 0) is 42.7 Å². The van der Waals surface area contributed by atoms with Crippen LogP contribution < -0.4 is 20.4 Å². The summed E-state index contributed by atoms with van der Waals surface area (Å²) >= 11 is 0. The summed E-state index contributed by atoms with van der Waals surface area (Å²) in [6.07, 6.45) is 6.18. The van der Waals surface area contributed by atoms with Crippen LogP contribution in [0.2, 0.25) is 0 Å². The molecule has 11 nitrogen and oxygen atoms in total. The Bertz CT molecular complexity index is 1150. The summed E-state index contributed by atoms with van der Waals surface area (Å²) in [5.41, 5.74) is 4.39. The number of non-ortho nitro benzene ring substituents is 1. The van der Waals surface area contributed by atoms with E-state index in [4.69, 9.17) is 4.74 Å². The van der Waals surface area contributed by atoms with Crippen LogP contribution in [-0.2, 0) is 0 Å². The molecule has 1 aliphatic heterocycles. The average molecular weight is 463 g/mol. The smallest absolute Gasteiger partial charge is 0.269 e. The number of nitrogens with one attached hydrogen (secondary N) is 2. The molecular formula is C23H26N8O3. The van der Waals surface area contributed by atoms with Crippen LogP contribution in [0.3, 0.4) is 0 Å². The van der Waals surface area contributed by atoms with Gasteiger partial charge in [0.2, 0.25) is 17.8 Å². The van der Waals surface area contributed by atoms with Gasteiger partial charge in [0.05, 0.1) is 18.2 Å². The van der Waals surface area contributed by atoms with E-state index >= 15 is 0 Å². The first-order valence-corrected chi connectivity index (χ1v) is 11.1. The van der Waals surface area contributed by atoms with Gasteiger partial charge in [-0.1, -0.05) is 25.0 Å². The summed E-state index contributed by atoms with van der Waals surface area (Å²) in [6, 6.07) is 13.6. The number of hydrogen-bond acceptors (Lipinski definition) is 10. The zero-order chi connectivity index (χ0) is 23.8. The Hall–Kier alpha value is -4.28. The molecular weight excluding hydrogens is 436 g/mol. The molecule has 176 valence electrons. The molecule has 2 aromatic carbocycles. The number of rotatable bonds is 8. The van der Waals surface area contributed by atoms with Gasteiger partial charge in [-0.25, -0.2) is 5.43 Å². The van der Waals surface area contributed by atoms with Crippen molar-refractivity contribution in [2.45, 2.75) is 25.7 Å². The number of ether oxygens (including phenoxy) is 1. The molecule has 2 heterocycles. The summed E-state index contributed by atoms with van der Waals surface area (Å²) in [4.78, 5) is 26.2. The Kier molecular flexibility index (Phi) is 7.43. The number of nitro groups is 1. The van der Waals surface area contributed by atoms with E-state index in [1.54, 1.807) is 25.5 Å². The molecule has 1 aromatic heterocycles. The monoisotopic (exact) mass is 462 g/mol. The van der Waals surface area contributed by atoms with Gasteiger partial charge >= 0.3 is 0 Å². The molecule has 2 N–H and O–H groups in total. The Morgan fingerprint density at radius 3 is 2.47 bits per heavy atom. The summed E-state index contributed by atoms with van der Waals surface area (Å²) in [5.74, 6) is 1.91. The van der Waals surface area contributed by atoms with Gasteiger partial charge < -0.3 is 15.0 Å². The van der Waals surface area contributed by atoms with Crippen molar-refractivity contribution in [1.82, 2.24) is 15.0 Å². The standard InChI is InChI=1S/C23H26N8O3/c1-34-20-8-6-7-17(15-20)16-24-29-22-26-21(25-18-9-11-19(12-10-18)31(32)33)27-23(28-22)30-13-4-2-3-5-14-30/h6-12,15-16H,2-5,13-14H2,1H3,(H2,25,26,27,28,29)/b24-16-. The lowest BCUT2D eigenvalue weighted by Crippen LogP contribution is -2.26. The predicted molar refractivity (Wildman–Crippen MR) is 131 cm³/mol. The number of hydrazone groups is 1. The van der Waals surface area contributed by atoms with E-state index in [0.29, 0.717) is 17.6 Å². The summed E-state index contributed by atoms with van der Waals surface area (Å²) in [7, 11) is 1.61. The number of methoxy groups -OCH3 is 1. The first kappa shape index (κ1) is 22.9. The largest absolute Gasteiger partial charge is 0.497 e. The van der Waals surface area contributed by atoms with E-state index in [2.05, 4.69) is 35.7 Å². The van der Waals surface area contributed by atoms with E-state index in [-0.39, 0.29) is 11.6 Å². The van der Waals surface area contributed by atoms with Crippen LogP contribution in [0.4, 0.5) is 29.2 Å². The predicted octanol–water partition coefficient (Wildman–Crippen LogP) is 4.36. The minimum atomic E-state index is -0.438. The number of aromatic nitrogens is 3. The Morgan fingerprint density at radius 1 is 1.03 bits per heavy atom. The molecule has 1 fully saturated rings. The Morgan fingerprint density at radius 2 is 1.76 bits per heavy atom. The normalized spacial score (nSPS) is 14.0. The lowest BCUT2D eigenvalue weighted by Gasteiger charge is -2.21. The van der Waals surface area contributed by atoms with Crippen molar-refractivity contribution < 1.29 is 9.66 Å². The van der Waals surface area contributed by atoms with E-state index < -0.39 is 4.92 Å². The van der Waals surface area contributed by atoms with Crippen molar-refractivity contribution in [3.63, 3.8) is 0 Å². The zero-order valence-electron chi connectivity index (χ0n) is 18.8. The highest BCUT2D eigenvalue weighted by Crippen LogP contribution is 2.22. The maximum Gasteiger partial charge on any atom is 0.269 e. The number of hydrogen-bond donors (Lipinski definition) is 2. The minimum absolute atomic E-state index is 0.0145. The first-order chi connectivity index (χ1) is 16.6. The fourth-order valence-electron chi connectivity index (χ4n) is 3.56. The van der Waals surface area contributed by atoms with Gasteiger partial charge in [0, 0.05) is 30.9 Å². The van der Waals surface area contributed by atoms with Crippen molar-refractivity contribution in [2.24, 2.45) is 5.10 Å². The van der Waals surface area contributed by atoms with Crippen LogP contribution in [-0.4, -0.2) is 46.3 Å². The second-order valence-electron chi connectivity index (χ2n) is 7.76. The molecule has 3 aromatic rings. The van der Waals surface area contributed by atoms with E-state index in [9.17, 15) is 10.1 Å². The Labute approximate surface area is 197 Å². The molecule has 0 amide bonds. The fraction of sp³-hybridized carbons (Fsp3) is 0.304. The second-order valence-corrected chi connectivity index (χ2v) is 7.76. The van der Waals surface area contributed by atoms with Crippen molar-refractivity contribution in [3.05, 3.63) is 64.2 Å². The van der Waals surface area contributed by atoms with Gasteiger partial charge in [0.25, 0.3) is 5.69 Å².